The number of ether oxygens (including phenoxy) is 4. The minimum absolute atomic E-state index is 0.00427. The number of fused-ring (bicyclic) bond motifs is 3. The van der Waals surface area contributed by atoms with Crippen LogP contribution in [0.25, 0.3) is 11.1 Å². The van der Waals surface area contributed by atoms with Crippen LogP contribution in [0.3, 0.4) is 0 Å². The molecule has 1 aliphatic rings. The summed E-state index contributed by atoms with van der Waals surface area (Å²) in [6.45, 7) is 7.34. The first-order valence-electron chi connectivity index (χ1n) is 17.6. The molecule has 0 heterocycles. The number of carbonyl (C=O) groups excluding carboxylic acids is 4. The number of carbonyl (C=O) groups is 4. The van der Waals surface area contributed by atoms with Gasteiger partial charge in [0.25, 0.3) is 0 Å². The van der Waals surface area contributed by atoms with E-state index >= 15 is 0 Å². The molecule has 52 heavy (non-hydrogen) atoms. The van der Waals surface area contributed by atoms with Gasteiger partial charge in [0.2, 0.25) is 17.7 Å². The Morgan fingerprint density at radius 3 is 1.88 bits per heavy atom. The van der Waals surface area contributed by atoms with E-state index in [2.05, 4.69) is 45.5 Å². The van der Waals surface area contributed by atoms with Crippen molar-refractivity contribution in [1.29, 1.82) is 0 Å². The standard InChI is InChI=1S/C39H50N4O9/c1-26(2)36(38(47)41-27(3)37(46)42-29-14-12-28(24-44)13-15-29)43-35(45)16-18-49-20-22-51-23-21-50-19-17-40-39(48)52-25-34-32-10-6-4-8-30(32)31-9-5-7-11-33(31)34/h4-15,26-27,34,36,44H,16-25H2,1-3H3,(H,40,48)(H,41,47)(H,42,46)(H,43,45)/t27-,36-/m0/s1. The second kappa shape index (κ2) is 20.9. The third-order valence-corrected chi connectivity index (χ3v) is 8.50. The third kappa shape index (κ3) is 12.2. The molecule has 0 saturated carbocycles. The maximum atomic E-state index is 12.9. The number of anilines is 1. The molecular formula is C39H50N4O9. The molecular weight excluding hydrogens is 668 g/mol. The van der Waals surface area contributed by atoms with Gasteiger partial charge in [-0.1, -0.05) is 74.5 Å². The highest BCUT2D eigenvalue weighted by Crippen LogP contribution is 2.44. The number of aliphatic hydroxyl groups is 1. The minimum atomic E-state index is -0.845. The molecule has 0 bridgehead atoms. The summed E-state index contributed by atoms with van der Waals surface area (Å²) in [5, 5.41) is 20.0. The summed E-state index contributed by atoms with van der Waals surface area (Å²) in [6, 6.07) is 21.4. The Hall–Kier alpha value is -4.82. The largest absolute Gasteiger partial charge is 0.449 e. The van der Waals surface area contributed by atoms with Gasteiger partial charge in [0.1, 0.15) is 18.7 Å². The number of rotatable bonds is 21. The van der Waals surface area contributed by atoms with Crippen LogP contribution >= 0.6 is 0 Å². The van der Waals surface area contributed by atoms with E-state index in [1.54, 1.807) is 45.0 Å². The Bertz CT molecular complexity index is 1570. The first kappa shape index (κ1) is 40.0. The van der Waals surface area contributed by atoms with Gasteiger partial charge in [0.15, 0.2) is 0 Å². The summed E-state index contributed by atoms with van der Waals surface area (Å²) in [4.78, 5) is 50.2. The van der Waals surface area contributed by atoms with Crippen LogP contribution < -0.4 is 21.3 Å². The summed E-state index contributed by atoms with van der Waals surface area (Å²) >= 11 is 0. The molecule has 0 aromatic heterocycles. The van der Waals surface area contributed by atoms with Crippen LogP contribution in [-0.4, -0.2) is 93.8 Å². The molecule has 13 heteroatoms. The number of benzene rings is 3. The molecule has 13 nitrogen and oxygen atoms in total. The van der Waals surface area contributed by atoms with E-state index in [4.69, 9.17) is 24.1 Å². The molecule has 3 aromatic carbocycles. The average Bonchev–Trinajstić information content (AvgIpc) is 3.46. The summed E-state index contributed by atoms with van der Waals surface area (Å²) in [6.07, 6.45) is -0.441. The maximum Gasteiger partial charge on any atom is 0.407 e. The lowest BCUT2D eigenvalue weighted by atomic mass is 9.98. The van der Waals surface area contributed by atoms with E-state index in [0.717, 1.165) is 11.1 Å². The fourth-order valence-electron chi connectivity index (χ4n) is 5.67. The second-order valence-corrected chi connectivity index (χ2v) is 12.7. The topological polar surface area (TPSA) is 174 Å². The Kier molecular flexibility index (Phi) is 16.0. The normalized spacial score (nSPS) is 13.1. The Morgan fingerprint density at radius 1 is 0.712 bits per heavy atom. The fourth-order valence-corrected chi connectivity index (χ4v) is 5.67. The van der Waals surface area contributed by atoms with Gasteiger partial charge in [0, 0.05) is 24.6 Å². The Morgan fingerprint density at radius 2 is 1.29 bits per heavy atom. The van der Waals surface area contributed by atoms with Crippen LogP contribution in [0.5, 0.6) is 0 Å². The highest BCUT2D eigenvalue weighted by molar-refractivity contribution is 5.98. The van der Waals surface area contributed by atoms with Crippen LogP contribution in [0.15, 0.2) is 72.8 Å². The van der Waals surface area contributed by atoms with E-state index in [-0.39, 0.29) is 50.6 Å². The monoisotopic (exact) mass is 718 g/mol. The zero-order valence-corrected chi connectivity index (χ0v) is 30.0. The van der Waals surface area contributed by atoms with Gasteiger partial charge in [0.05, 0.1) is 46.2 Å². The van der Waals surface area contributed by atoms with Crippen LogP contribution in [0.2, 0.25) is 0 Å². The Balaban J connectivity index is 0.991. The molecule has 4 amide bonds. The van der Waals surface area contributed by atoms with Gasteiger partial charge in [-0.2, -0.15) is 0 Å². The number of nitrogens with one attached hydrogen (secondary N) is 4. The molecule has 0 unspecified atom stereocenters. The molecule has 1 aliphatic carbocycles. The molecule has 3 aromatic rings. The summed E-state index contributed by atoms with van der Waals surface area (Å²) < 4.78 is 22.0. The van der Waals surface area contributed by atoms with E-state index in [1.165, 1.54) is 11.1 Å². The van der Waals surface area contributed by atoms with E-state index < -0.39 is 30.0 Å². The number of hydrogen-bond donors (Lipinski definition) is 5. The maximum absolute atomic E-state index is 12.9. The van der Waals surface area contributed by atoms with Gasteiger partial charge in [-0.3, -0.25) is 14.4 Å². The minimum Gasteiger partial charge on any atom is -0.449 e. The zero-order chi connectivity index (χ0) is 37.3. The number of hydrogen-bond acceptors (Lipinski definition) is 9. The first-order valence-corrected chi connectivity index (χ1v) is 17.6. The van der Waals surface area contributed by atoms with E-state index in [0.29, 0.717) is 44.2 Å². The van der Waals surface area contributed by atoms with Crippen molar-refractivity contribution in [2.24, 2.45) is 5.92 Å². The number of aliphatic hydroxyl groups excluding tert-OH is 1. The summed E-state index contributed by atoms with van der Waals surface area (Å²) in [5.41, 5.74) is 5.92. The van der Waals surface area contributed by atoms with Gasteiger partial charge in [-0.25, -0.2) is 4.79 Å². The van der Waals surface area contributed by atoms with Gasteiger partial charge < -0.3 is 45.3 Å². The molecule has 0 aliphatic heterocycles. The van der Waals surface area contributed by atoms with Crippen LogP contribution in [0, 0.1) is 5.92 Å². The van der Waals surface area contributed by atoms with Crippen molar-refractivity contribution in [1.82, 2.24) is 16.0 Å². The van der Waals surface area contributed by atoms with Crippen molar-refractivity contribution < 1.29 is 43.2 Å². The molecule has 5 N–H and O–H groups in total. The number of alkyl carbamates (subject to hydrolysis) is 1. The fraction of sp³-hybridized carbons (Fsp3) is 0.436. The first-order chi connectivity index (χ1) is 25.2. The third-order valence-electron chi connectivity index (χ3n) is 8.50. The molecule has 280 valence electrons. The molecule has 4 rings (SSSR count). The zero-order valence-electron chi connectivity index (χ0n) is 30.0. The average molecular weight is 719 g/mol. The SMILES string of the molecule is CC(C)[C@H](NC(=O)CCOCCOCCOCCNC(=O)OCC1c2ccccc2-c2ccccc21)C(=O)N[C@@H](C)C(=O)Nc1ccc(CO)cc1. The lowest BCUT2D eigenvalue weighted by molar-refractivity contribution is -0.132. The van der Waals surface area contributed by atoms with Crippen molar-refractivity contribution in [2.75, 3.05) is 58.1 Å². The molecule has 0 spiro atoms. The van der Waals surface area contributed by atoms with Crippen molar-refractivity contribution in [3.8, 4) is 11.1 Å². The van der Waals surface area contributed by atoms with Gasteiger partial charge >= 0.3 is 6.09 Å². The van der Waals surface area contributed by atoms with Crippen molar-refractivity contribution in [3.05, 3.63) is 89.5 Å². The molecule has 0 fully saturated rings. The lowest BCUT2D eigenvalue weighted by Gasteiger charge is -2.24. The molecule has 2 atom stereocenters. The van der Waals surface area contributed by atoms with Crippen LogP contribution in [-0.2, 0) is 39.9 Å². The summed E-state index contributed by atoms with van der Waals surface area (Å²) in [5.74, 6) is -1.44. The van der Waals surface area contributed by atoms with Crippen LogP contribution in [0.1, 0.15) is 49.8 Å². The van der Waals surface area contributed by atoms with Crippen molar-refractivity contribution in [3.63, 3.8) is 0 Å². The van der Waals surface area contributed by atoms with E-state index in [1.807, 2.05) is 24.3 Å². The lowest BCUT2D eigenvalue weighted by Crippen LogP contribution is -2.53. The molecule has 0 saturated heterocycles. The van der Waals surface area contributed by atoms with Gasteiger partial charge in [-0.05, 0) is 52.8 Å². The predicted molar refractivity (Wildman–Crippen MR) is 196 cm³/mol. The van der Waals surface area contributed by atoms with Gasteiger partial charge in [-0.15, -0.1) is 0 Å². The van der Waals surface area contributed by atoms with Crippen molar-refractivity contribution >= 4 is 29.5 Å². The quantitative estimate of drug-likeness (QED) is 0.103. The second-order valence-electron chi connectivity index (χ2n) is 12.7. The van der Waals surface area contributed by atoms with Crippen LogP contribution in [0.4, 0.5) is 10.5 Å². The Labute approximate surface area is 304 Å². The highest BCUT2D eigenvalue weighted by Gasteiger charge is 2.29. The van der Waals surface area contributed by atoms with Crippen molar-refractivity contribution in [2.45, 2.75) is 51.8 Å². The van der Waals surface area contributed by atoms with E-state index in [9.17, 15) is 19.2 Å². The molecule has 0 radical (unpaired) electrons. The highest BCUT2D eigenvalue weighted by atomic mass is 16.6. The predicted octanol–water partition coefficient (Wildman–Crippen LogP) is 3.74. The summed E-state index contributed by atoms with van der Waals surface area (Å²) in [7, 11) is 0. The smallest absolute Gasteiger partial charge is 0.407 e. The number of amides is 4.